The van der Waals surface area contributed by atoms with E-state index in [1.165, 1.54) is 0 Å². The Morgan fingerprint density at radius 1 is 1.58 bits per heavy atom. The Labute approximate surface area is 93.8 Å². The zero-order valence-electron chi connectivity index (χ0n) is 7.12. The van der Waals surface area contributed by atoms with Crippen LogP contribution in [0, 0.1) is 0 Å². The van der Waals surface area contributed by atoms with Crippen molar-refractivity contribution in [2.24, 2.45) is 0 Å². The molecule has 0 spiro atoms. The molecule has 12 heavy (non-hydrogen) atoms. The summed E-state index contributed by atoms with van der Waals surface area (Å²) in [5.41, 5.74) is 0. The summed E-state index contributed by atoms with van der Waals surface area (Å²) in [5.74, 6) is -1.06. The molecule has 4 heteroatoms. The van der Waals surface area contributed by atoms with Gasteiger partial charge in [-0.05, 0) is 6.42 Å². The van der Waals surface area contributed by atoms with Crippen molar-refractivity contribution in [3.63, 3.8) is 0 Å². The van der Waals surface area contributed by atoms with E-state index in [1.807, 2.05) is 24.3 Å². The van der Waals surface area contributed by atoms with E-state index in [0.717, 1.165) is 6.42 Å². The second-order valence-corrected chi connectivity index (χ2v) is 2.41. The first-order valence-corrected chi connectivity index (χ1v) is 3.55. The van der Waals surface area contributed by atoms with Gasteiger partial charge in [0, 0.05) is 12.6 Å². The van der Waals surface area contributed by atoms with Gasteiger partial charge < -0.3 is 15.2 Å². The van der Waals surface area contributed by atoms with Crippen LogP contribution in [-0.2, 0) is 4.79 Å². The van der Waals surface area contributed by atoms with Crippen molar-refractivity contribution >= 4 is 5.97 Å². The standard InChI is InChI=1S/C8H11NO2.Na/c10-8(11)6-9-7-4-2-1-3-5-7;/h1-4,7,9H,5-6H2,(H,10,11);/q;+1/p-1. The Morgan fingerprint density at radius 2 is 2.33 bits per heavy atom. The van der Waals surface area contributed by atoms with E-state index in [9.17, 15) is 9.90 Å². The maximum Gasteiger partial charge on any atom is 1.00 e. The van der Waals surface area contributed by atoms with Crippen molar-refractivity contribution in [1.82, 2.24) is 5.32 Å². The number of carboxylic acid groups (broad SMARTS) is 1. The third-order valence-electron chi connectivity index (χ3n) is 1.49. The molecular weight excluding hydrogens is 165 g/mol. The van der Waals surface area contributed by atoms with Gasteiger partial charge in [-0.25, -0.2) is 0 Å². The molecule has 0 aromatic heterocycles. The van der Waals surface area contributed by atoms with E-state index in [4.69, 9.17) is 0 Å². The fraction of sp³-hybridized carbons (Fsp3) is 0.375. The summed E-state index contributed by atoms with van der Waals surface area (Å²) in [4.78, 5) is 10.0. The molecule has 1 rings (SSSR count). The van der Waals surface area contributed by atoms with E-state index in [0.29, 0.717) is 0 Å². The Bertz CT molecular complexity index is 201. The number of carbonyl (C=O) groups is 1. The molecule has 60 valence electrons. The molecule has 1 atom stereocenters. The minimum Gasteiger partial charge on any atom is -0.549 e. The zero-order valence-corrected chi connectivity index (χ0v) is 9.12. The maximum absolute atomic E-state index is 10.0. The quantitative estimate of drug-likeness (QED) is 0.448. The van der Waals surface area contributed by atoms with Gasteiger partial charge in [0.2, 0.25) is 0 Å². The molecule has 0 radical (unpaired) electrons. The third kappa shape index (κ3) is 4.72. The Kier molecular flexibility index (Phi) is 6.38. The van der Waals surface area contributed by atoms with Crippen molar-refractivity contribution in [2.75, 3.05) is 6.54 Å². The molecule has 0 aromatic rings. The van der Waals surface area contributed by atoms with Crippen LogP contribution in [0.25, 0.3) is 0 Å². The minimum atomic E-state index is -1.06. The number of rotatable bonds is 3. The number of carbonyl (C=O) groups excluding carboxylic acids is 1. The van der Waals surface area contributed by atoms with E-state index < -0.39 is 5.97 Å². The van der Waals surface area contributed by atoms with E-state index in [2.05, 4.69) is 5.32 Å². The van der Waals surface area contributed by atoms with Crippen molar-refractivity contribution in [3.8, 4) is 0 Å². The molecule has 0 bridgehead atoms. The first-order chi connectivity index (χ1) is 5.29. The van der Waals surface area contributed by atoms with Gasteiger partial charge in [-0.15, -0.1) is 0 Å². The second-order valence-electron chi connectivity index (χ2n) is 2.41. The molecular formula is C8H10NNaO2. The van der Waals surface area contributed by atoms with Crippen LogP contribution in [-0.4, -0.2) is 18.6 Å². The van der Waals surface area contributed by atoms with Crippen molar-refractivity contribution in [3.05, 3.63) is 24.3 Å². The first-order valence-electron chi connectivity index (χ1n) is 3.55. The number of hydrogen-bond donors (Lipinski definition) is 1. The van der Waals surface area contributed by atoms with Gasteiger partial charge in [-0.3, -0.25) is 0 Å². The number of allylic oxidation sites excluding steroid dienone is 2. The van der Waals surface area contributed by atoms with Crippen LogP contribution in [0.2, 0.25) is 0 Å². The average molecular weight is 175 g/mol. The summed E-state index contributed by atoms with van der Waals surface area (Å²) in [6.45, 7) is -0.0805. The number of nitrogens with one attached hydrogen (secondary N) is 1. The smallest absolute Gasteiger partial charge is 0.549 e. The van der Waals surface area contributed by atoms with E-state index in [-0.39, 0.29) is 42.1 Å². The molecule has 0 saturated heterocycles. The van der Waals surface area contributed by atoms with Gasteiger partial charge in [-0.2, -0.15) is 0 Å². The summed E-state index contributed by atoms with van der Waals surface area (Å²) in [7, 11) is 0. The summed E-state index contributed by atoms with van der Waals surface area (Å²) < 4.78 is 0. The summed E-state index contributed by atoms with van der Waals surface area (Å²) in [6, 6.07) is 0.151. The fourth-order valence-corrected chi connectivity index (χ4v) is 0.946. The van der Waals surface area contributed by atoms with Gasteiger partial charge in [0.25, 0.3) is 0 Å². The predicted molar refractivity (Wildman–Crippen MR) is 39.7 cm³/mol. The SMILES string of the molecule is O=C([O-])CNC1C=CC=CC1.[Na+]. The second kappa shape index (κ2) is 6.43. The molecule has 0 saturated carbocycles. The maximum atomic E-state index is 10.0. The first kappa shape index (κ1) is 11.9. The van der Waals surface area contributed by atoms with Gasteiger partial charge in [0.05, 0.1) is 5.97 Å². The van der Waals surface area contributed by atoms with Gasteiger partial charge in [0.1, 0.15) is 0 Å². The molecule has 1 aliphatic carbocycles. The van der Waals surface area contributed by atoms with Crippen LogP contribution in [0.4, 0.5) is 0 Å². The third-order valence-corrected chi connectivity index (χ3v) is 1.49. The molecule has 0 fully saturated rings. The minimum absolute atomic E-state index is 0. The Balaban J connectivity index is 0.00000121. The number of carboxylic acids is 1. The molecule has 3 nitrogen and oxygen atoms in total. The summed E-state index contributed by atoms with van der Waals surface area (Å²) in [5, 5.41) is 12.8. The normalized spacial score (nSPS) is 20.2. The summed E-state index contributed by atoms with van der Waals surface area (Å²) in [6.07, 6.45) is 8.62. The molecule has 0 aromatic carbocycles. The molecule has 0 heterocycles. The van der Waals surface area contributed by atoms with Gasteiger partial charge in [0.15, 0.2) is 0 Å². The molecule has 0 amide bonds. The fourth-order valence-electron chi connectivity index (χ4n) is 0.946. The molecule has 0 aliphatic heterocycles. The number of aliphatic carboxylic acids is 1. The largest absolute Gasteiger partial charge is 1.00 e. The molecule has 1 unspecified atom stereocenters. The predicted octanol–water partition coefficient (Wildman–Crippen LogP) is -3.79. The number of hydrogen-bond acceptors (Lipinski definition) is 3. The topological polar surface area (TPSA) is 52.2 Å². The van der Waals surface area contributed by atoms with Crippen molar-refractivity contribution in [2.45, 2.75) is 12.5 Å². The van der Waals surface area contributed by atoms with Crippen LogP contribution in [0.1, 0.15) is 6.42 Å². The van der Waals surface area contributed by atoms with E-state index >= 15 is 0 Å². The Hall–Kier alpha value is -0.0900. The van der Waals surface area contributed by atoms with Crippen molar-refractivity contribution in [1.29, 1.82) is 0 Å². The van der Waals surface area contributed by atoms with Crippen LogP contribution in [0.5, 0.6) is 0 Å². The van der Waals surface area contributed by atoms with Crippen LogP contribution < -0.4 is 40.0 Å². The average Bonchev–Trinajstić information content (AvgIpc) is 2.03. The van der Waals surface area contributed by atoms with Crippen molar-refractivity contribution < 1.29 is 39.5 Å². The van der Waals surface area contributed by atoms with Crippen LogP contribution in [0.15, 0.2) is 24.3 Å². The summed E-state index contributed by atoms with van der Waals surface area (Å²) >= 11 is 0. The van der Waals surface area contributed by atoms with Crippen LogP contribution in [0.3, 0.4) is 0 Å². The zero-order chi connectivity index (χ0) is 8.10. The molecule has 1 aliphatic rings. The van der Waals surface area contributed by atoms with Crippen LogP contribution >= 0.6 is 0 Å². The van der Waals surface area contributed by atoms with E-state index in [1.54, 1.807) is 0 Å². The molecule has 1 N–H and O–H groups in total. The monoisotopic (exact) mass is 175 g/mol. The Morgan fingerprint density at radius 3 is 2.83 bits per heavy atom. The van der Waals surface area contributed by atoms with Gasteiger partial charge >= 0.3 is 29.6 Å². The van der Waals surface area contributed by atoms with Gasteiger partial charge in [-0.1, -0.05) is 24.3 Å².